The van der Waals surface area contributed by atoms with E-state index in [2.05, 4.69) is 5.32 Å². The zero-order valence-corrected chi connectivity index (χ0v) is 24.2. The Kier molecular flexibility index (Phi) is 8.53. The number of anilines is 2. The minimum Gasteiger partial charge on any atom is -0.486 e. The Hall–Kier alpha value is -4.70. The normalized spacial score (nSPS) is 15.7. The summed E-state index contributed by atoms with van der Waals surface area (Å²) >= 11 is 0. The molecule has 1 unspecified atom stereocenters. The van der Waals surface area contributed by atoms with Gasteiger partial charge in [-0.15, -0.1) is 0 Å². The Morgan fingerprint density at radius 1 is 0.952 bits per heavy atom. The average molecular weight is 571 g/mol. The SMILES string of the molecule is CCOC(=O)c1ccc2c(c1)NC(=O)C2C(=Nc1ccc(N(CCN(C)C)C(C)=O)cc1)c1ccc2c(c1)OCCO2. The van der Waals surface area contributed by atoms with Crippen LogP contribution in [-0.2, 0) is 14.3 Å². The molecule has 0 radical (unpaired) electrons. The molecule has 5 rings (SSSR count). The zero-order valence-electron chi connectivity index (χ0n) is 24.2. The molecule has 0 bridgehead atoms. The number of amides is 2. The molecule has 0 aromatic heterocycles. The smallest absolute Gasteiger partial charge is 0.338 e. The molecule has 3 aromatic carbocycles. The highest BCUT2D eigenvalue weighted by Crippen LogP contribution is 2.39. The fourth-order valence-electron chi connectivity index (χ4n) is 4.99. The first kappa shape index (κ1) is 28.8. The molecule has 2 aliphatic rings. The van der Waals surface area contributed by atoms with E-state index in [-0.39, 0.29) is 18.4 Å². The van der Waals surface area contributed by atoms with Gasteiger partial charge >= 0.3 is 5.97 Å². The molecule has 10 heteroatoms. The number of carbonyl (C=O) groups is 3. The molecule has 0 aliphatic carbocycles. The molecule has 0 fully saturated rings. The van der Waals surface area contributed by atoms with Crippen molar-refractivity contribution in [2.24, 2.45) is 4.99 Å². The van der Waals surface area contributed by atoms with E-state index in [1.807, 2.05) is 61.5 Å². The zero-order chi connectivity index (χ0) is 29.8. The Labute approximate surface area is 244 Å². The molecule has 2 heterocycles. The van der Waals surface area contributed by atoms with Gasteiger partial charge < -0.3 is 29.3 Å². The maximum atomic E-state index is 13.5. The molecule has 1 N–H and O–H groups in total. The Morgan fingerprint density at radius 3 is 2.36 bits per heavy atom. The van der Waals surface area contributed by atoms with Crippen molar-refractivity contribution in [2.75, 3.05) is 57.2 Å². The monoisotopic (exact) mass is 570 g/mol. The van der Waals surface area contributed by atoms with E-state index in [9.17, 15) is 14.4 Å². The number of hydrogen-bond donors (Lipinski definition) is 1. The minimum absolute atomic E-state index is 0.0495. The molecular weight excluding hydrogens is 536 g/mol. The first-order chi connectivity index (χ1) is 20.2. The predicted molar refractivity (Wildman–Crippen MR) is 160 cm³/mol. The predicted octanol–water partition coefficient (Wildman–Crippen LogP) is 4.41. The van der Waals surface area contributed by atoms with Gasteiger partial charge in [0.1, 0.15) is 19.1 Å². The van der Waals surface area contributed by atoms with Crippen molar-refractivity contribution in [1.82, 2.24) is 4.90 Å². The van der Waals surface area contributed by atoms with Crippen LogP contribution in [0.25, 0.3) is 0 Å². The van der Waals surface area contributed by atoms with Crippen LogP contribution in [0.4, 0.5) is 17.1 Å². The number of benzene rings is 3. The Morgan fingerprint density at radius 2 is 1.67 bits per heavy atom. The lowest BCUT2D eigenvalue weighted by Crippen LogP contribution is -2.35. The topological polar surface area (TPSA) is 110 Å². The number of ether oxygens (including phenoxy) is 3. The van der Waals surface area contributed by atoms with Crippen molar-refractivity contribution >= 4 is 40.6 Å². The fourth-order valence-corrected chi connectivity index (χ4v) is 4.99. The van der Waals surface area contributed by atoms with E-state index >= 15 is 0 Å². The maximum absolute atomic E-state index is 13.5. The van der Waals surface area contributed by atoms with Gasteiger partial charge in [0, 0.05) is 37.0 Å². The van der Waals surface area contributed by atoms with Crippen LogP contribution in [0, 0.1) is 0 Å². The number of esters is 1. The molecule has 42 heavy (non-hydrogen) atoms. The number of carbonyl (C=O) groups excluding carboxylic acids is 3. The first-order valence-corrected chi connectivity index (χ1v) is 13.9. The van der Waals surface area contributed by atoms with Crippen LogP contribution in [0.2, 0.25) is 0 Å². The summed E-state index contributed by atoms with van der Waals surface area (Å²) in [6.07, 6.45) is 0. The highest BCUT2D eigenvalue weighted by molar-refractivity contribution is 6.24. The summed E-state index contributed by atoms with van der Waals surface area (Å²) in [6.45, 7) is 5.71. The Balaban J connectivity index is 1.55. The molecule has 10 nitrogen and oxygen atoms in total. The van der Waals surface area contributed by atoms with Gasteiger partial charge in [-0.3, -0.25) is 14.6 Å². The summed E-state index contributed by atoms with van der Waals surface area (Å²) in [6, 6.07) is 17.9. The van der Waals surface area contributed by atoms with Gasteiger partial charge in [-0.1, -0.05) is 6.07 Å². The van der Waals surface area contributed by atoms with E-state index in [0.29, 0.717) is 65.0 Å². The second kappa shape index (κ2) is 12.4. The number of rotatable bonds is 9. The first-order valence-electron chi connectivity index (χ1n) is 13.9. The van der Waals surface area contributed by atoms with Gasteiger partial charge in [-0.2, -0.15) is 0 Å². The van der Waals surface area contributed by atoms with Crippen LogP contribution < -0.4 is 19.7 Å². The van der Waals surface area contributed by atoms with E-state index in [1.54, 1.807) is 36.9 Å². The van der Waals surface area contributed by atoms with Crippen molar-refractivity contribution in [1.29, 1.82) is 0 Å². The highest BCUT2D eigenvalue weighted by atomic mass is 16.6. The molecule has 0 saturated carbocycles. The number of hydrogen-bond acceptors (Lipinski definition) is 8. The highest BCUT2D eigenvalue weighted by Gasteiger charge is 2.36. The third-order valence-corrected chi connectivity index (χ3v) is 7.07. The van der Waals surface area contributed by atoms with Crippen molar-refractivity contribution < 1.29 is 28.6 Å². The van der Waals surface area contributed by atoms with E-state index < -0.39 is 11.9 Å². The second-order valence-corrected chi connectivity index (χ2v) is 10.3. The second-order valence-electron chi connectivity index (χ2n) is 10.3. The van der Waals surface area contributed by atoms with Gasteiger partial charge in [-0.05, 0) is 81.2 Å². The van der Waals surface area contributed by atoms with Crippen LogP contribution in [0.5, 0.6) is 11.5 Å². The van der Waals surface area contributed by atoms with Crippen LogP contribution in [0.15, 0.2) is 65.7 Å². The van der Waals surface area contributed by atoms with Gasteiger partial charge in [0.05, 0.1) is 23.6 Å². The summed E-state index contributed by atoms with van der Waals surface area (Å²) in [4.78, 5) is 46.8. The van der Waals surface area contributed by atoms with Gasteiger partial charge in [0.25, 0.3) is 0 Å². The van der Waals surface area contributed by atoms with Crippen molar-refractivity contribution in [3.63, 3.8) is 0 Å². The molecule has 218 valence electrons. The quantitative estimate of drug-likeness (QED) is 0.300. The molecule has 2 aliphatic heterocycles. The lowest BCUT2D eigenvalue weighted by Gasteiger charge is -2.23. The summed E-state index contributed by atoms with van der Waals surface area (Å²) in [7, 11) is 3.93. The molecule has 0 saturated heterocycles. The summed E-state index contributed by atoms with van der Waals surface area (Å²) in [5.41, 5.74) is 4.18. The van der Waals surface area contributed by atoms with Gasteiger partial charge in [-0.25, -0.2) is 4.79 Å². The van der Waals surface area contributed by atoms with E-state index in [4.69, 9.17) is 19.2 Å². The van der Waals surface area contributed by atoms with E-state index in [1.165, 1.54) is 0 Å². The van der Waals surface area contributed by atoms with E-state index in [0.717, 1.165) is 12.2 Å². The van der Waals surface area contributed by atoms with Gasteiger partial charge in [0.15, 0.2) is 11.5 Å². The maximum Gasteiger partial charge on any atom is 0.338 e. The average Bonchev–Trinajstić information content (AvgIpc) is 3.30. The molecule has 0 spiro atoms. The number of fused-ring (bicyclic) bond motifs is 2. The summed E-state index contributed by atoms with van der Waals surface area (Å²) in [5.74, 6) is -0.298. The lowest BCUT2D eigenvalue weighted by atomic mass is 9.90. The molecule has 1 atom stereocenters. The van der Waals surface area contributed by atoms with Crippen molar-refractivity contribution in [3.05, 3.63) is 77.4 Å². The minimum atomic E-state index is -0.743. The standard InChI is InChI=1S/C32H34N4O6/c1-5-40-32(39)22-6-12-25-26(18-22)34-31(38)29(25)30(21-7-13-27-28(19-21)42-17-16-41-27)33-23-8-10-24(11-9-23)36(20(2)37)15-14-35(3)4/h6-13,18-19,29H,5,14-17H2,1-4H3,(H,34,38). The number of aliphatic imine (C=N–C) groups is 1. The summed E-state index contributed by atoms with van der Waals surface area (Å²) < 4.78 is 16.7. The van der Waals surface area contributed by atoms with Crippen LogP contribution in [0.3, 0.4) is 0 Å². The molecule has 3 aromatic rings. The third kappa shape index (κ3) is 6.13. The lowest BCUT2D eigenvalue weighted by molar-refractivity contribution is -0.117. The number of likely N-dealkylation sites (N-methyl/N-ethyl adjacent to an activating group) is 1. The van der Waals surface area contributed by atoms with Crippen LogP contribution in [0.1, 0.15) is 41.3 Å². The van der Waals surface area contributed by atoms with Crippen molar-refractivity contribution in [3.8, 4) is 11.5 Å². The number of nitrogens with one attached hydrogen (secondary N) is 1. The fraction of sp³-hybridized carbons (Fsp3) is 0.312. The third-order valence-electron chi connectivity index (χ3n) is 7.07. The molecule has 2 amide bonds. The molecular formula is C32H34N4O6. The van der Waals surface area contributed by atoms with Crippen molar-refractivity contribution in [2.45, 2.75) is 19.8 Å². The van der Waals surface area contributed by atoms with Crippen LogP contribution in [-0.4, -0.2) is 75.4 Å². The Bertz CT molecular complexity index is 1530. The number of nitrogens with zero attached hydrogens (tertiary/aromatic N) is 3. The van der Waals surface area contributed by atoms with Gasteiger partial charge in [0.2, 0.25) is 11.8 Å². The van der Waals surface area contributed by atoms with Crippen LogP contribution >= 0.6 is 0 Å². The summed E-state index contributed by atoms with van der Waals surface area (Å²) in [5, 5.41) is 2.91. The largest absolute Gasteiger partial charge is 0.486 e.